The number of fused-ring (bicyclic) bond motifs is 1. The van der Waals surface area contributed by atoms with Gasteiger partial charge in [-0.05, 0) is 71.0 Å². The number of ether oxygens (including phenoxy) is 1. The molecule has 1 saturated heterocycles. The minimum absolute atomic E-state index is 0.0418. The predicted octanol–water partition coefficient (Wildman–Crippen LogP) is 3.08. The smallest absolute Gasteiger partial charge is 0.226 e. The number of likely N-dealkylation sites (tertiary alicyclic amines) is 1. The van der Waals surface area contributed by atoms with E-state index in [1.807, 2.05) is 13.8 Å². The van der Waals surface area contributed by atoms with Crippen LogP contribution >= 0.6 is 11.3 Å². The number of carbonyl (C=O) groups excluding carboxylic acids is 2. The standard InChI is InChI=1S/C23H34N4O3S/c1-16(2)30-14-4-10-25-22(29)17-7-11-27(12-8-17)13-9-21(28)26-23-19(15-24)18-5-3-6-20(18)31-23/h16-17H,3-14H2,1-2H3,(H,25,29)(H,26,28). The first-order valence-corrected chi connectivity index (χ1v) is 12.3. The fraction of sp³-hybridized carbons (Fsp3) is 0.696. The van der Waals surface area contributed by atoms with Gasteiger partial charge in [-0.25, -0.2) is 0 Å². The lowest BCUT2D eigenvalue weighted by Gasteiger charge is -2.31. The summed E-state index contributed by atoms with van der Waals surface area (Å²) in [4.78, 5) is 28.3. The first-order valence-electron chi connectivity index (χ1n) is 11.4. The zero-order valence-corrected chi connectivity index (χ0v) is 19.5. The Morgan fingerprint density at radius 3 is 2.77 bits per heavy atom. The molecule has 0 aromatic carbocycles. The van der Waals surface area contributed by atoms with Gasteiger partial charge in [-0.15, -0.1) is 11.3 Å². The van der Waals surface area contributed by atoms with Gasteiger partial charge < -0.3 is 20.3 Å². The van der Waals surface area contributed by atoms with Crippen LogP contribution in [0.5, 0.6) is 0 Å². The molecule has 2 heterocycles. The van der Waals surface area contributed by atoms with E-state index < -0.39 is 0 Å². The average molecular weight is 447 g/mol. The van der Waals surface area contributed by atoms with Gasteiger partial charge in [-0.1, -0.05) is 0 Å². The van der Waals surface area contributed by atoms with Crippen LogP contribution < -0.4 is 10.6 Å². The number of nitrogens with zero attached hydrogens (tertiary/aromatic N) is 2. The molecular formula is C23H34N4O3S. The highest BCUT2D eigenvalue weighted by Gasteiger charge is 2.26. The largest absolute Gasteiger partial charge is 0.379 e. The molecule has 2 N–H and O–H groups in total. The van der Waals surface area contributed by atoms with E-state index in [1.165, 1.54) is 4.88 Å². The van der Waals surface area contributed by atoms with Gasteiger partial charge in [0, 0.05) is 36.9 Å². The van der Waals surface area contributed by atoms with Gasteiger partial charge in [-0.2, -0.15) is 5.26 Å². The van der Waals surface area contributed by atoms with Gasteiger partial charge in [0.15, 0.2) is 0 Å². The number of rotatable bonds is 10. The molecule has 1 aromatic rings. The lowest BCUT2D eigenvalue weighted by Crippen LogP contribution is -2.41. The minimum Gasteiger partial charge on any atom is -0.379 e. The van der Waals surface area contributed by atoms with Crippen molar-refractivity contribution >= 4 is 28.2 Å². The van der Waals surface area contributed by atoms with Crippen LogP contribution in [0.2, 0.25) is 0 Å². The summed E-state index contributed by atoms with van der Waals surface area (Å²) in [5, 5.41) is 16.1. The molecule has 8 heteroatoms. The van der Waals surface area contributed by atoms with Gasteiger partial charge >= 0.3 is 0 Å². The molecule has 0 bridgehead atoms. The summed E-state index contributed by atoms with van der Waals surface area (Å²) in [6, 6.07) is 2.27. The molecule has 7 nitrogen and oxygen atoms in total. The van der Waals surface area contributed by atoms with E-state index in [-0.39, 0.29) is 23.8 Å². The van der Waals surface area contributed by atoms with E-state index in [0.717, 1.165) is 57.2 Å². The van der Waals surface area contributed by atoms with Gasteiger partial charge in [0.2, 0.25) is 11.8 Å². The number of carbonyl (C=O) groups is 2. The van der Waals surface area contributed by atoms with E-state index in [2.05, 4.69) is 21.6 Å². The van der Waals surface area contributed by atoms with E-state index in [1.54, 1.807) is 11.3 Å². The number of hydrogen-bond donors (Lipinski definition) is 2. The first-order chi connectivity index (χ1) is 15.0. The van der Waals surface area contributed by atoms with Gasteiger partial charge in [-0.3, -0.25) is 9.59 Å². The average Bonchev–Trinajstić information content (AvgIpc) is 3.32. The summed E-state index contributed by atoms with van der Waals surface area (Å²) < 4.78 is 5.49. The fourth-order valence-corrected chi connectivity index (χ4v) is 5.48. The number of aryl methyl sites for hydroxylation is 1. The summed E-state index contributed by atoms with van der Waals surface area (Å²) in [5.41, 5.74) is 1.80. The lowest BCUT2D eigenvalue weighted by molar-refractivity contribution is -0.126. The monoisotopic (exact) mass is 446 g/mol. The predicted molar refractivity (Wildman–Crippen MR) is 122 cm³/mol. The van der Waals surface area contributed by atoms with E-state index >= 15 is 0 Å². The molecule has 2 amide bonds. The van der Waals surface area contributed by atoms with E-state index in [9.17, 15) is 14.9 Å². The van der Waals surface area contributed by atoms with Gasteiger partial charge in [0.1, 0.15) is 11.1 Å². The second-order valence-electron chi connectivity index (χ2n) is 8.65. The molecule has 0 atom stereocenters. The Labute approximate surface area is 189 Å². The van der Waals surface area contributed by atoms with Crippen molar-refractivity contribution in [2.24, 2.45) is 5.92 Å². The molecule has 1 aromatic heterocycles. The number of nitriles is 1. The highest BCUT2D eigenvalue weighted by atomic mass is 32.1. The lowest BCUT2D eigenvalue weighted by atomic mass is 9.96. The van der Waals surface area contributed by atoms with Crippen molar-refractivity contribution in [2.45, 2.75) is 64.9 Å². The highest BCUT2D eigenvalue weighted by Crippen LogP contribution is 2.38. The van der Waals surface area contributed by atoms with Crippen molar-refractivity contribution in [3.05, 3.63) is 16.0 Å². The van der Waals surface area contributed by atoms with Gasteiger partial charge in [0.05, 0.1) is 11.7 Å². The maximum atomic E-state index is 12.4. The van der Waals surface area contributed by atoms with E-state index in [0.29, 0.717) is 36.7 Å². The molecule has 3 rings (SSSR count). The van der Waals surface area contributed by atoms with Gasteiger partial charge in [0.25, 0.3) is 0 Å². The Morgan fingerprint density at radius 1 is 1.29 bits per heavy atom. The SMILES string of the molecule is CC(C)OCCCNC(=O)C1CCN(CCC(=O)Nc2sc3c(c2C#N)CCC3)CC1. The Hall–Kier alpha value is -1.95. The van der Waals surface area contributed by atoms with Crippen LogP contribution in [0.1, 0.15) is 62.0 Å². The second kappa shape index (κ2) is 11.6. The third-order valence-electron chi connectivity index (χ3n) is 5.97. The summed E-state index contributed by atoms with van der Waals surface area (Å²) in [5.74, 6) is 0.152. The van der Waals surface area contributed by atoms with Crippen molar-refractivity contribution in [2.75, 3.05) is 38.1 Å². The summed E-state index contributed by atoms with van der Waals surface area (Å²) in [7, 11) is 0. The maximum absolute atomic E-state index is 12.4. The fourth-order valence-electron chi connectivity index (χ4n) is 4.23. The number of piperidine rings is 1. The number of anilines is 1. The quantitative estimate of drug-likeness (QED) is 0.539. The second-order valence-corrected chi connectivity index (χ2v) is 9.76. The van der Waals surface area contributed by atoms with Crippen molar-refractivity contribution < 1.29 is 14.3 Å². The molecule has 0 radical (unpaired) electrons. The minimum atomic E-state index is -0.0418. The Balaban J connectivity index is 1.33. The Morgan fingerprint density at radius 2 is 2.06 bits per heavy atom. The third-order valence-corrected chi connectivity index (χ3v) is 7.18. The highest BCUT2D eigenvalue weighted by molar-refractivity contribution is 7.16. The van der Waals surface area contributed by atoms with Crippen molar-refractivity contribution in [3.8, 4) is 6.07 Å². The van der Waals surface area contributed by atoms with Crippen LogP contribution in [-0.4, -0.2) is 55.6 Å². The first kappa shape index (κ1) is 23.7. The Bertz CT molecular complexity index is 806. The molecule has 2 aliphatic rings. The normalized spacial score (nSPS) is 16.8. The van der Waals surface area contributed by atoms with E-state index in [4.69, 9.17) is 4.74 Å². The molecule has 0 spiro atoms. The number of thiophene rings is 1. The van der Waals surface area contributed by atoms with Crippen LogP contribution in [0.4, 0.5) is 5.00 Å². The summed E-state index contributed by atoms with van der Waals surface area (Å²) >= 11 is 1.56. The molecule has 0 unspecified atom stereocenters. The topological polar surface area (TPSA) is 94.5 Å². The number of amides is 2. The van der Waals surface area contributed by atoms with Crippen LogP contribution in [0.3, 0.4) is 0 Å². The third kappa shape index (κ3) is 6.76. The van der Waals surface area contributed by atoms with Crippen LogP contribution in [-0.2, 0) is 27.2 Å². The van der Waals surface area contributed by atoms with Crippen molar-refractivity contribution in [3.63, 3.8) is 0 Å². The van der Waals surface area contributed by atoms with Crippen molar-refractivity contribution in [1.82, 2.24) is 10.2 Å². The maximum Gasteiger partial charge on any atom is 0.226 e. The van der Waals surface area contributed by atoms with Crippen molar-refractivity contribution in [1.29, 1.82) is 5.26 Å². The molecular weight excluding hydrogens is 412 g/mol. The molecule has 1 fully saturated rings. The van der Waals surface area contributed by atoms with Crippen LogP contribution in [0.15, 0.2) is 0 Å². The Kier molecular flexibility index (Phi) is 8.88. The zero-order chi connectivity index (χ0) is 22.2. The molecule has 170 valence electrons. The summed E-state index contributed by atoms with van der Waals surface area (Å²) in [6.07, 6.45) is 6.17. The molecule has 1 aliphatic heterocycles. The van der Waals surface area contributed by atoms with Crippen LogP contribution in [0.25, 0.3) is 0 Å². The number of nitrogens with one attached hydrogen (secondary N) is 2. The molecule has 1 aliphatic carbocycles. The molecule has 0 saturated carbocycles. The number of hydrogen-bond acceptors (Lipinski definition) is 6. The summed E-state index contributed by atoms with van der Waals surface area (Å²) in [6.45, 7) is 7.68. The van der Waals surface area contributed by atoms with Crippen LogP contribution in [0, 0.1) is 17.2 Å². The zero-order valence-electron chi connectivity index (χ0n) is 18.7. The molecule has 31 heavy (non-hydrogen) atoms.